The molecule has 1 aromatic carbocycles. The van der Waals surface area contributed by atoms with Gasteiger partial charge in [0.2, 0.25) is 5.91 Å². The van der Waals surface area contributed by atoms with Crippen molar-refractivity contribution in [3.05, 3.63) is 48.5 Å². The molecule has 0 aliphatic heterocycles. The van der Waals surface area contributed by atoms with E-state index < -0.39 is 0 Å². The number of nitrogens with zero attached hydrogens (tertiary/aromatic N) is 2. The van der Waals surface area contributed by atoms with Crippen LogP contribution in [-0.4, -0.2) is 15.5 Å². The molecule has 4 nitrogen and oxygen atoms in total. The van der Waals surface area contributed by atoms with E-state index in [1.807, 2.05) is 48.9 Å². The highest BCUT2D eigenvalue weighted by molar-refractivity contribution is 5.89. The molecular formula is C15H21N3O. The summed E-state index contributed by atoms with van der Waals surface area (Å²) in [6.07, 6.45) is 6.36. The minimum atomic E-state index is -0.0416. The summed E-state index contributed by atoms with van der Waals surface area (Å²) >= 11 is 0. The number of carbonyl (C=O) groups is 1. The number of rotatable bonds is 4. The molecule has 0 saturated carbocycles. The lowest BCUT2D eigenvalue weighted by molar-refractivity contribution is -0.114. The SMILES string of the molecule is CC.CC(=O)Nc1ccccc1CCn1ccnc1. The highest BCUT2D eigenvalue weighted by atomic mass is 16.1. The average Bonchev–Trinajstić information content (AvgIpc) is 2.93. The van der Waals surface area contributed by atoms with Gasteiger partial charge in [0.1, 0.15) is 0 Å². The zero-order chi connectivity index (χ0) is 14.1. The van der Waals surface area contributed by atoms with Gasteiger partial charge in [-0.15, -0.1) is 0 Å². The first-order valence-corrected chi connectivity index (χ1v) is 6.57. The van der Waals surface area contributed by atoms with Crippen molar-refractivity contribution in [3.63, 3.8) is 0 Å². The summed E-state index contributed by atoms with van der Waals surface area (Å²) in [5, 5.41) is 2.84. The van der Waals surface area contributed by atoms with Gasteiger partial charge in [0, 0.05) is 31.5 Å². The first kappa shape index (κ1) is 15.0. The molecule has 1 aromatic heterocycles. The van der Waals surface area contributed by atoms with Crippen LogP contribution in [0.2, 0.25) is 0 Å². The highest BCUT2D eigenvalue weighted by Gasteiger charge is 2.03. The number of nitrogens with one attached hydrogen (secondary N) is 1. The van der Waals surface area contributed by atoms with Gasteiger partial charge in [0.15, 0.2) is 0 Å². The summed E-state index contributed by atoms with van der Waals surface area (Å²) in [4.78, 5) is 15.1. The van der Waals surface area contributed by atoms with Gasteiger partial charge in [-0.2, -0.15) is 0 Å². The molecule has 4 heteroatoms. The molecule has 0 spiro atoms. The van der Waals surface area contributed by atoms with Crippen molar-refractivity contribution >= 4 is 11.6 Å². The number of amides is 1. The molecule has 0 atom stereocenters. The number of hydrogen-bond acceptors (Lipinski definition) is 2. The maximum Gasteiger partial charge on any atom is 0.221 e. The molecule has 0 fully saturated rings. The molecule has 102 valence electrons. The summed E-state index contributed by atoms with van der Waals surface area (Å²) in [5.74, 6) is -0.0416. The maximum atomic E-state index is 11.1. The molecule has 2 aromatic rings. The Morgan fingerprint density at radius 3 is 2.68 bits per heavy atom. The van der Waals surface area contributed by atoms with Crippen LogP contribution in [0.4, 0.5) is 5.69 Å². The van der Waals surface area contributed by atoms with Crippen LogP contribution >= 0.6 is 0 Å². The number of hydrogen-bond donors (Lipinski definition) is 1. The van der Waals surface area contributed by atoms with E-state index in [9.17, 15) is 4.79 Å². The van der Waals surface area contributed by atoms with Gasteiger partial charge >= 0.3 is 0 Å². The third-order valence-corrected chi connectivity index (χ3v) is 2.53. The Balaban J connectivity index is 0.000000861. The number of benzene rings is 1. The Morgan fingerprint density at radius 2 is 2.05 bits per heavy atom. The fourth-order valence-electron chi connectivity index (χ4n) is 1.72. The molecular weight excluding hydrogens is 238 g/mol. The van der Waals surface area contributed by atoms with Gasteiger partial charge in [0.25, 0.3) is 0 Å². The van der Waals surface area contributed by atoms with E-state index in [0.717, 1.165) is 24.2 Å². The zero-order valence-electron chi connectivity index (χ0n) is 11.8. The second-order valence-corrected chi connectivity index (χ2v) is 3.89. The van der Waals surface area contributed by atoms with Crippen LogP contribution in [0.1, 0.15) is 26.3 Å². The smallest absolute Gasteiger partial charge is 0.221 e. The molecule has 2 rings (SSSR count). The first-order chi connectivity index (χ1) is 9.25. The minimum absolute atomic E-state index is 0.0416. The predicted molar refractivity (Wildman–Crippen MR) is 78.0 cm³/mol. The molecule has 0 saturated heterocycles. The monoisotopic (exact) mass is 259 g/mol. The second-order valence-electron chi connectivity index (χ2n) is 3.89. The number of aryl methyl sites for hydroxylation is 2. The van der Waals surface area contributed by atoms with Gasteiger partial charge in [-0.1, -0.05) is 32.0 Å². The minimum Gasteiger partial charge on any atom is -0.337 e. The third-order valence-electron chi connectivity index (χ3n) is 2.53. The fraction of sp³-hybridized carbons (Fsp3) is 0.333. The van der Waals surface area contributed by atoms with Gasteiger partial charge < -0.3 is 9.88 Å². The standard InChI is InChI=1S/C13H15N3O.C2H6/c1-11(17)15-13-5-3-2-4-12(13)6-8-16-9-7-14-10-16;1-2/h2-5,7,9-10H,6,8H2,1H3,(H,15,17);1-2H3. The van der Waals surface area contributed by atoms with Crippen LogP contribution in [0.5, 0.6) is 0 Å². The average molecular weight is 259 g/mol. The number of para-hydroxylation sites is 1. The Morgan fingerprint density at radius 1 is 1.32 bits per heavy atom. The zero-order valence-corrected chi connectivity index (χ0v) is 11.8. The molecule has 0 aliphatic rings. The van der Waals surface area contributed by atoms with E-state index in [0.29, 0.717) is 0 Å². The van der Waals surface area contributed by atoms with Crippen LogP contribution in [-0.2, 0) is 17.8 Å². The van der Waals surface area contributed by atoms with Gasteiger partial charge in [-0.25, -0.2) is 4.98 Å². The summed E-state index contributed by atoms with van der Waals surface area (Å²) < 4.78 is 2.02. The van der Waals surface area contributed by atoms with Crippen molar-refractivity contribution in [3.8, 4) is 0 Å². The lowest BCUT2D eigenvalue weighted by Gasteiger charge is -2.09. The maximum absolute atomic E-state index is 11.1. The summed E-state index contributed by atoms with van der Waals surface area (Å²) in [6, 6.07) is 7.85. The Labute approximate surface area is 114 Å². The largest absolute Gasteiger partial charge is 0.337 e. The van der Waals surface area contributed by atoms with Crippen molar-refractivity contribution in [2.75, 3.05) is 5.32 Å². The van der Waals surface area contributed by atoms with E-state index in [2.05, 4.69) is 10.3 Å². The highest BCUT2D eigenvalue weighted by Crippen LogP contribution is 2.16. The van der Waals surface area contributed by atoms with E-state index in [-0.39, 0.29) is 5.91 Å². The normalized spacial score (nSPS) is 9.42. The molecule has 1 N–H and O–H groups in total. The molecule has 19 heavy (non-hydrogen) atoms. The predicted octanol–water partition coefficient (Wildman–Crippen LogP) is 3.11. The number of aromatic nitrogens is 2. The van der Waals surface area contributed by atoms with Gasteiger partial charge in [0.05, 0.1) is 6.33 Å². The molecule has 1 amide bonds. The van der Waals surface area contributed by atoms with Crippen LogP contribution in [0.25, 0.3) is 0 Å². The topological polar surface area (TPSA) is 46.9 Å². The Bertz CT molecular complexity index is 492. The molecule has 0 unspecified atom stereocenters. The summed E-state index contributed by atoms with van der Waals surface area (Å²) in [5.41, 5.74) is 2.02. The van der Waals surface area contributed by atoms with E-state index in [4.69, 9.17) is 0 Å². The molecule has 0 bridgehead atoms. The number of carbonyl (C=O) groups excluding carboxylic acids is 1. The Kier molecular flexibility index (Phi) is 6.36. The van der Waals surface area contributed by atoms with E-state index >= 15 is 0 Å². The summed E-state index contributed by atoms with van der Waals surface area (Å²) in [6.45, 7) is 6.38. The van der Waals surface area contributed by atoms with Crippen LogP contribution in [0, 0.1) is 0 Å². The van der Waals surface area contributed by atoms with E-state index in [1.165, 1.54) is 6.92 Å². The fourth-order valence-corrected chi connectivity index (χ4v) is 1.72. The lowest BCUT2D eigenvalue weighted by atomic mass is 10.1. The van der Waals surface area contributed by atoms with Crippen LogP contribution < -0.4 is 5.32 Å². The summed E-state index contributed by atoms with van der Waals surface area (Å²) in [7, 11) is 0. The van der Waals surface area contributed by atoms with Crippen molar-refractivity contribution < 1.29 is 4.79 Å². The third kappa shape index (κ3) is 4.95. The van der Waals surface area contributed by atoms with Crippen LogP contribution in [0.15, 0.2) is 43.0 Å². The van der Waals surface area contributed by atoms with Gasteiger partial charge in [-0.3, -0.25) is 4.79 Å². The van der Waals surface area contributed by atoms with Crippen molar-refractivity contribution in [2.45, 2.75) is 33.7 Å². The second kappa shape index (κ2) is 8.08. The van der Waals surface area contributed by atoms with Crippen molar-refractivity contribution in [1.29, 1.82) is 0 Å². The van der Waals surface area contributed by atoms with E-state index in [1.54, 1.807) is 12.5 Å². The van der Waals surface area contributed by atoms with Crippen LogP contribution in [0.3, 0.4) is 0 Å². The number of imidazole rings is 1. The molecule has 0 radical (unpaired) electrons. The lowest BCUT2D eigenvalue weighted by Crippen LogP contribution is -2.09. The molecule has 1 heterocycles. The quantitative estimate of drug-likeness (QED) is 0.917. The molecule has 0 aliphatic carbocycles. The first-order valence-electron chi connectivity index (χ1n) is 6.57. The van der Waals surface area contributed by atoms with Crippen molar-refractivity contribution in [2.24, 2.45) is 0 Å². The van der Waals surface area contributed by atoms with Crippen molar-refractivity contribution in [1.82, 2.24) is 9.55 Å². The Hall–Kier alpha value is -2.10. The van der Waals surface area contributed by atoms with Gasteiger partial charge in [-0.05, 0) is 18.1 Å². The number of anilines is 1.